The first-order valence-electron chi connectivity index (χ1n) is 11.7. The molecule has 2 N–H and O–H groups in total. The van der Waals surface area contributed by atoms with E-state index in [0.29, 0.717) is 6.61 Å². The number of hydrogen-bond donors (Lipinski definition) is 2. The SMILES string of the molecule is CC(=O)OC[C@]12C[C@H](OC(=O)CC(C)CO)C(C)=C[C@H]1O[C@@H]1[C@H](O)[C@@H](OC(C)=O)[C@@]2(C)C12CO2. The third-order valence-electron chi connectivity index (χ3n) is 8.25. The number of hydrogen-bond acceptors (Lipinski definition) is 10. The van der Waals surface area contributed by atoms with Crippen LogP contribution in [0.5, 0.6) is 0 Å². The van der Waals surface area contributed by atoms with Gasteiger partial charge in [0.1, 0.15) is 36.6 Å². The van der Waals surface area contributed by atoms with E-state index in [2.05, 4.69) is 0 Å². The summed E-state index contributed by atoms with van der Waals surface area (Å²) in [6.07, 6.45) is -2.00. The van der Waals surface area contributed by atoms with Crippen LogP contribution in [0.2, 0.25) is 0 Å². The van der Waals surface area contributed by atoms with Gasteiger partial charge in [-0.2, -0.15) is 0 Å². The van der Waals surface area contributed by atoms with E-state index in [1.807, 2.05) is 19.9 Å². The van der Waals surface area contributed by atoms with Crippen LogP contribution < -0.4 is 0 Å². The molecule has 2 unspecified atom stereocenters. The molecule has 10 nitrogen and oxygen atoms in total. The van der Waals surface area contributed by atoms with Crippen molar-refractivity contribution in [1.82, 2.24) is 0 Å². The molecule has 2 heterocycles. The van der Waals surface area contributed by atoms with Crippen LogP contribution in [-0.2, 0) is 38.1 Å². The average Bonchev–Trinajstić information content (AvgIpc) is 3.54. The second-order valence-electron chi connectivity index (χ2n) is 10.4. The molecule has 0 aromatic heterocycles. The molecule has 9 atom stereocenters. The molecule has 2 bridgehead atoms. The Balaban J connectivity index is 1.77. The van der Waals surface area contributed by atoms with E-state index in [9.17, 15) is 24.6 Å². The smallest absolute Gasteiger partial charge is 0.306 e. The lowest BCUT2D eigenvalue weighted by molar-refractivity contribution is -0.241. The van der Waals surface area contributed by atoms with Gasteiger partial charge in [-0.05, 0) is 18.4 Å². The molecule has 10 heteroatoms. The fourth-order valence-electron chi connectivity index (χ4n) is 6.28. The van der Waals surface area contributed by atoms with Gasteiger partial charge < -0.3 is 33.9 Å². The van der Waals surface area contributed by atoms with Crippen molar-refractivity contribution in [2.75, 3.05) is 19.8 Å². The van der Waals surface area contributed by atoms with Gasteiger partial charge in [0.05, 0.1) is 30.0 Å². The summed E-state index contributed by atoms with van der Waals surface area (Å²) in [6.45, 7) is 8.07. The van der Waals surface area contributed by atoms with Crippen molar-refractivity contribution < 1.29 is 48.3 Å². The van der Waals surface area contributed by atoms with Gasteiger partial charge in [-0.15, -0.1) is 0 Å². The zero-order chi connectivity index (χ0) is 25.1. The van der Waals surface area contributed by atoms with Crippen LogP contribution in [0.25, 0.3) is 0 Å². The van der Waals surface area contributed by atoms with E-state index >= 15 is 0 Å². The molecule has 1 saturated carbocycles. The van der Waals surface area contributed by atoms with E-state index in [0.717, 1.165) is 5.57 Å². The molecule has 2 aliphatic carbocycles. The fraction of sp³-hybridized carbons (Fsp3) is 0.792. The summed E-state index contributed by atoms with van der Waals surface area (Å²) < 4.78 is 29.3. The number of ether oxygens (including phenoxy) is 5. The summed E-state index contributed by atoms with van der Waals surface area (Å²) in [7, 11) is 0. The highest BCUT2D eigenvalue weighted by Gasteiger charge is 2.86. The van der Waals surface area contributed by atoms with Crippen molar-refractivity contribution >= 4 is 17.9 Å². The summed E-state index contributed by atoms with van der Waals surface area (Å²) in [5.74, 6) is -1.76. The third kappa shape index (κ3) is 3.57. The molecule has 0 amide bonds. The highest BCUT2D eigenvalue weighted by atomic mass is 16.7. The molecular formula is C24H34O10. The topological polar surface area (TPSA) is 141 Å². The van der Waals surface area contributed by atoms with Crippen LogP contribution in [0.3, 0.4) is 0 Å². The largest absolute Gasteiger partial charge is 0.465 e. The summed E-state index contributed by atoms with van der Waals surface area (Å²) in [5, 5.41) is 20.5. The van der Waals surface area contributed by atoms with E-state index in [4.69, 9.17) is 23.7 Å². The van der Waals surface area contributed by atoms with Crippen LogP contribution in [0.15, 0.2) is 11.6 Å². The Bertz CT molecular complexity index is 894. The molecule has 0 aromatic rings. The summed E-state index contributed by atoms with van der Waals surface area (Å²) in [4.78, 5) is 36.5. The lowest BCUT2D eigenvalue weighted by Crippen LogP contribution is -2.68. The standard InChI is InChI=1S/C24H34O10/c1-12(9-25)6-18(28)33-16-8-23(10-30-14(3)26)17(7-13(16)2)34-21-19(29)20(32-15(4)27)22(23,5)24(21)11-31-24/h7,12,16-17,19-21,25,29H,6,8-11H2,1-5H3/t12?,16-,17+,19+,20+,21+,22+,23+,24?/m0/s1. The normalized spacial score (nSPS) is 42.9. The molecule has 4 aliphatic rings. The molecule has 2 aliphatic heterocycles. The first kappa shape index (κ1) is 25.1. The molecule has 34 heavy (non-hydrogen) atoms. The van der Waals surface area contributed by atoms with Crippen molar-refractivity contribution in [3.8, 4) is 0 Å². The Kier molecular flexibility index (Phi) is 6.33. The van der Waals surface area contributed by atoms with Crippen molar-refractivity contribution in [2.45, 2.75) is 83.6 Å². The number of fused-ring (bicyclic) bond motifs is 2. The minimum absolute atomic E-state index is 0.0539. The van der Waals surface area contributed by atoms with Crippen LogP contribution in [0, 0.1) is 16.7 Å². The number of carbonyl (C=O) groups excluding carboxylic acids is 3. The first-order chi connectivity index (χ1) is 15.9. The number of carbonyl (C=O) groups is 3. The van der Waals surface area contributed by atoms with E-state index in [1.165, 1.54) is 13.8 Å². The van der Waals surface area contributed by atoms with E-state index in [1.54, 1.807) is 6.92 Å². The van der Waals surface area contributed by atoms with Crippen LogP contribution in [0.1, 0.15) is 47.5 Å². The zero-order valence-electron chi connectivity index (χ0n) is 20.2. The number of rotatable bonds is 7. The Morgan fingerprint density at radius 1 is 1.24 bits per heavy atom. The minimum Gasteiger partial charge on any atom is -0.465 e. The van der Waals surface area contributed by atoms with Gasteiger partial charge in [0.15, 0.2) is 0 Å². The van der Waals surface area contributed by atoms with E-state index < -0.39 is 64.9 Å². The molecule has 1 spiro atoms. The lowest BCUT2D eigenvalue weighted by Gasteiger charge is -2.58. The van der Waals surface area contributed by atoms with Crippen molar-refractivity contribution in [3.63, 3.8) is 0 Å². The molecule has 0 aromatic carbocycles. The number of esters is 3. The second-order valence-corrected chi connectivity index (χ2v) is 10.4. The zero-order valence-corrected chi connectivity index (χ0v) is 20.2. The maximum absolute atomic E-state index is 12.6. The van der Waals surface area contributed by atoms with Crippen LogP contribution >= 0.6 is 0 Å². The van der Waals surface area contributed by atoms with Gasteiger partial charge in [0, 0.05) is 26.9 Å². The molecule has 3 fully saturated rings. The fourth-order valence-corrected chi connectivity index (χ4v) is 6.28. The van der Waals surface area contributed by atoms with Crippen molar-refractivity contribution in [2.24, 2.45) is 16.7 Å². The molecule has 4 rings (SSSR count). The number of epoxide rings is 1. The summed E-state index contributed by atoms with van der Waals surface area (Å²) in [6, 6.07) is 0. The van der Waals surface area contributed by atoms with Gasteiger partial charge in [-0.1, -0.05) is 19.9 Å². The minimum atomic E-state index is -1.14. The summed E-state index contributed by atoms with van der Waals surface area (Å²) >= 11 is 0. The average molecular weight is 483 g/mol. The predicted octanol–water partition coefficient (Wildman–Crippen LogP) is 0.665. The summed E-state index contributed by atoms with van der Waals surface area (Å²) in [5.41, 5.74) is -2.19. The molecular weight excluding hydrogens is 448 g/mol. The first-order valence-corrected chi connectivity index (χ1v) is 11.7. The van der Waals surface area contributed by atoms with Gasteiger partial charge in [0.2, 0.25) is 0 Å². The van der Waals surface area contributed by atoms with Crippen molar-refractivity contribution in [3.05, 3.63) is 11.6 Å². The maximum atomic E-state index is 12.6. The lowest BCUT2D eigenvalue weighted by atomic mass is 9.51. The quantitative estimate of drug-likeness (QED) is 0.230. The predicted molar refractivity (Wildman–Crippen MR) is 115 cm³/mol. The van der Waals surface area contributed by atoms with Gasteiger partial charge in [-0.3, -0.25) is 14.4 Å². The second kappa shape index (κ2) is 8.58. The highest BCUT2D eigenvalue weighted by Crippen LogP contribution is 2.72. The van der Waals surface area contributed by atoms with Gasteiger partial charge in [-0.25, -0.2) is 0 Å². The van der Waals surface area contributed by atoms with Gasteiger partial charge >= 0.3 is 17.9 Å². The number of aliphatic hydroxyl groups excluding tert-OH is 2. The van der Waals surface area contributed by atoms with Crippen LogP contribution in [-0.4, -0.2) is 84.1 Å². The Morgan fingerprint density at radius 2 is 1.91 bits per heavy atom. The Hall–Kier alpha value is -2.01. The monoisotopic (exact) mass is 482 g/mol. The Morgan fingerprint density at radius 3 is 2.47 bits per heavy atom. The number of aliphatic hydroxyl groups is 2. The third-order valence-corrected chi connectivity index (χ3v) is 8.25. The molecule has 2 saturated heterocycles. The Labute approximate surface area is 198 Å². The molecule has 0 radical (unpaired) electrons. The molecule has 190 valence electrons. The highest BCUT2D eigenvalue weighted by molar-refractivity contribution is 5.70. The van der Waals surface area contributed by atoms with Crippen LogP contribution in [0.4, 0.5) is 0 Å². The van der Waals surface area contributed by atoms with Crippen molar-refractivity contribution in [1.29, 1.82) is 0 Å². The van der Waals surface area contributed by atoms with Gasteiger partial charge in [0.25, 0.3) is 0 Å². The maximum Gasteiger partial charge on any atom is 0.306 e. The van der Waals surface area contributed by atoms with E-state index in [-0.39, 0.29) is 32.0 Å².